The number of hydrogen-bond acceptors (Lipinski definition) is 4. The Morgan fingerprint density at radius 2 is 1.79 bits per heavy atom. The maximum absolute atomic E-state index is 12.1. The van der Waals surface area contributed by atoms with E-state index in [1.807, 2.05) is 59.5 Å². The molecule has 0 bridgehead atoms. The van der Waals surface area contributed by atoms with Crippen molar-refractivity contribution in [3.63, 3.8) is 0 Å². The van der Waals surface area contributed by atoms with Crippen LogP contribution in [0.5, 0.6) is 11.5 Å². The van der Waals surface area contributed by atoms with Crippen LogP contribution in [-0.4, -0.2) is 35.7 Å². The lowest BCUT2D eigenvalue weighted by molar-refractivity contribution is -0.128. The first-order valence-corrected chi connectivity index (χ1v) is 8.99. The third-order valence-electron chi connectivity index (χ3n) is 3.88. The predicted octanol–water partition coefficient (Wildman–Crippen LogP) is 3.92. The van der Waals surface area contributed by atoms with E-state index in [2.05, 4.69) is 0 Å². The lowest BCUT2D eigenvalue weighted by atomic mass is 10.2. The van der Waals surface area contributed by atoms with Gasteiger partial charge >= 0.3 is 0 Å². The SMILES string of the molecule is COCS[C@@H]1CC(=O)N(Cc2ccc(Oc3ccccc3)cc2)C1. The van der Waals surface area contributed by atoms with Crippen LogP contribution >= 0.6 is 11.8 Å². The van der Waals surface area contributed by atoms with Gasteiger partial charge in [-0.3, -0.25) is 4.79 Å². The number of carbonyl (C=O) groups excluding carboxylic acids is 1. The minimum atomic E-state index is 0.216. The van der Waals surface area contributed by atoms with Crippen molar-refractivity contribution in [1.29, 1.82) is 0 Å². The average molecular weight is 343 g/mol. The van der Waals surface area contributed by atoms with Gasteiger partial charge in [-0.05, 0) is 29.8 Å². The number of hydrogen-bond donors (Lipinski definition) is 0. The van der Waals surface area contributed by atoms with Crippen LogP contribution in [0, 0.1) is 0 Å². The van der Waals surface area contributed by atoms with E-state index in [9.17, 15) is 4.79 Å². The minimum Gasteiger partial charge on any atom is -0.457 e. The third kappa shape index (κ3) is 4.52. The molecule has 0 aromatic heterocycles. The zero-order chi connectivity index (χ0) is 16.8. The molecule has 0 aliphatic carbocycles. The zero-order valence-corrected chi connectivity index (χ0v) is 14.5. The molecule has 1 amide bonds. The molecule has 1 aliphatic rings. The Kier molecular flexibility index (Phi) is 5.77. The monoisotopic (exact) mass is 343 g/mol. The summed E-state index contributed by atoms with van der Waals surface area (Å²) in [6, 6.07) is 17.6. The first-order valence-electron chi connectivity index (χ1n) is 7.95. The number of methoxy groups -OCH3 is 1. The molecule has 1 saturated heterocycles. The van der Waals surface area contributed by atoms with Crippen LogP contribution in [0.2, 0.25) is 0 Å². The Balaban J connectivity index is 1.55. The smallest absolute Gasteiger partial charge is 0.224 e. The molecule has 2 aromatic carbocycles. The van der Waals surface area contributed by atoms with Crippen molar-refractivity contribution in [1.82, 2.24) is 4.90 Å². The molecule has 0 spiro atoms. The van der Waals surface area contributed by atoms with Gasteiger partial charge in [0.1, 0.15) is 11.5 Å². The number of ether oxygens (including phenoxy) is 2. The number of amides is 1. The fraction of sp³-hybridized carbons (Fsp3) is 0.316. The third-order valence-corrected chi connectivity index (χ3v) is 5.04. The van der Waals surface area contributed by atoms with Gasteiger partial charge in [0.05, 0.1) is 5.94 Å². The molecule has 0 saturated carbocycles. The molecule has 3 rings (SSSR count). The summed E-state index contributed by atoms with van der Waals surface area (Å²) in [4.78, 5) is 14.0. The van der Waals surface area contributed by atoms with E-state index in [0.29, 0.717) is 24.2 Å². The maximum Gasteiger partial charge on any atom is 0.224 e. The summed E-state index contributed by atoms with van der Waals surface area (Å²) < 4.78 is 10.9. The topological polar surface area (TPSA) is 38.8 Å². The predicted molar refractivity (Wildman–Crippen MR) is 96.2 cm³/mol. The van der Waals surface area contributed by atoms with Crippen LogP contribution in [0.3, 0.4) is 0 Å². The molecule has 0 unspecified atom stereocenters. The molecule has 1 heterocycles. The van der Waals surface area contributed by atoms with Crippen molar-refractivity contribution >= 4 is 17.7 Å². The van der Waals surface area contributed by atoms with Gasteiger partial charge in [-0.25, -0.2) is 0 Å². The number of thioether (sulfide) groups is 1. The van der Waals surface area contributed by atoms with Crippen molar-refractivity contribution in [2.45, 2.75) is 18.2 Å². The molecule has 24 heavy (non-hydrogen) atoms. The summed E-state index contributed by atoms with van der Waals surface area (Å²) >= 11 is 1.70. The van der Waals surface area contributed by atoms with Crippen molar-refractivity contribution < 1.29 is 14.3 Å². The molecule has 126 valence electrons. The summed E-state index contributed by atoms with van der Waals surface area (Å²) in [6.45, 7) is 1.43. The normalized spacial score (nSPS) is 17.3. The fourth-order valence-electron chi connectivity index (χ4n) is 2.67. The number of nitrogens with zero attached hydrogens (tertiary/aromatic N) is 1. The second kappa shape index (κ2) is 8.22. The number of likely N-dealkylation sites (tertiary alicyclic amines) is 1. The van der Waals surface area contributed by atoms with E-state index in [4.69, 9.17) is 9.47 Å². The highest BCUT2D eigenvalue weighted by Gasteiger charge is 2.29. The second-order valence-electron chi connectivity index (χ2n) is 5.73. The maximum atomic E-state index is 12.1. The average Bonchev–Trinajstić information content (AvgIpc) is 2.95. The highest BCUT2D eigenvalue weighted by Crippen LogP contribution is 2.26. The minimum absolute atomic E-state index is 0.216. The first kappa shape index (κ1) is 16.9. The Bertz CT molecular complexity index is 660. The van der Waals surface area contributed by atoms with Crippen LogP contribution in [0.25, 0.3) is 0 Å². The lowest BCUT2D eigenvalue weighted by Gasteiger charge is -2.17. The van der Waals surface area contributed by atoms with Crippen LogP contribution in [0.1, 0.15) is 12.0 Å². The first-order chi connectivity index (χ1) is 11.7. The highest BCUT2D eigenvalue weighted by atomic mass is 32.2. The van der Waals surface area contributed by atoms with Crippen molar-refractivity contribution in [2.75, 3.05) is 19.6 Å². The quantitative estimate of drug-likeness (QED) is 0.714. The molecule has 5 heteroatoms. The van der Waals surface area contributed by atoms with Crippen molar-refractivity contribution in [2.24, 2.45) is 0 Å². The molecular formula is C19H21NO3S. The molecule has 0 N–H and O–H groups in total. The Morgan fingerprint density at radius 1 is 1.08 bits per heavy atom. The highest BCUT2D eigenvalue weighted by molar-refractivity contribution is 7.99. The van der Waals surface area contributed by atoms with Crippen molar-refractivity contribution in [3.8, 4) is 11.5 Å². The summed E-state index contributed by atoms with van der Waals surface area (Å²) in [7, 11) is 1.68. The van der Waals surface area contributed by atoms with E-state index in [-0.39, 0.29) is 5.91 Å². The van der Waals surface area contributed by atoms with Gasteiger partial charge < -0.3 is 14.4 Å². The number of rotatable bonds is 7. The van der Waals surface area contributed by atoms with Gasteiger partial charge in [-0.1, -0.05) is 30.3 Å². The number of para-hydroxylation sites is 1. The van der Waals surface area contributed by atoms with Gasteiger partial charge in [0.15, 0.2) is 0 Å². The molecule has 0 radical (unpaired) electrons. The van der Waals surface area contributed by atoms with Gasteiger partial charge in [0, 0.05) is 31.9 Å². The standard InChI is InChI=1S/C19H21NO3S/c1-22-14-24-18-11-19(21)20(13-18)12-15-7-9-17(10-8-15)23-16-5-3-2-4-6-16/h2-10,18H,11-14H2,1H3/t18-/m1/s1. The number of carbonyl (C=O) groups is 1. The van der Waals surface area contributed by atoms with Gasteiger partial charge in [-0.15, -0.1) is 11.8 Å². The summed E-state index contributed by atoms with van der Waals surface area (Å²) in [5.74, 6) is 2.47. The van der Waals surface area contributed by atoms with Gasteiger partial charge in [0.25, 0.3) is 0 Å². The molecular weight excluding hydrogens is 322 g/mol. The van der Waals surface area contributed by atoms with E-state index >= 15 is 0 Å². The van der Waals surface area contributed by atoms with E-state index < -0.39 is 0 Å². The van der Waals surface area contributed by atoms with E-state index in [1.165, 1.54) is 0 Å². The largest absolute Gasteiger partial charge is 0.457 e. The summed E-state index contributed by atoms with van der Waals surface area (Å²) in [6.07, 6.45) is 0.600. The summed E-state index contributed by atoms with van der Waals surface area (Å²) in [5, 5.41) is 0.332. The fourth-order valence-corrected chi connectivity index (χ4v) is 3.55. The molecule has 1 aliphatic heterocycles. The van der Waals surface area contributed by atoms with E-state index in [0.717, 1.165) is 23.6 Å². The Morgan fingerprint density at radius 3 is 2.50 bits per heavy atom. The molecule has 2 aromatic rings. The van der Waals surface area contributed by atoms with Gasteiger partial charge in [0.2, 0.25) is 5.91 Å². The van der Waals surface area contributed by atoms with Crippen LogP contribution in [0.4, 0.5) is 0 Å². The zero-order valence-electron chi connectivity index (χ0n) is 13.7. The van der Waals surface area contributed by atoms with Crippen molar-refractivity contribution in [3.05, 3.63) is 60.2 Å². The van der Waals surface area contributed by atoms with Gasteiger partial charge in [-0.2, -0.15) is 0 Å². The summed E-state index contributed by atoms with van der Waals surface area (Å²) in [5.41, 5.74) is 1.11. The number of benzene rings is 2. The Hall–Kier alpha value is -1.98. The van der Waals surface area contributed by atoms with Crippen LogP contribution < -0.4 is 4.74 Å². The Labute approximate surface area is 146 Å². The van der Waals surface area contributed by atoms with Crippen LogP contribution in [0.15, 0.2) is 54.6 Å². The molecule has 1 atom stereocenters. The second-order valence-corrected chi connectivity index (χ2v) is 6.97. The lowest BCUT2D eigenvalue weighted by Crippen LogP contribution is -2.24. The molecule has 1 fully saturated rings. The van der Waals surface area contributed by atoms with Crippen LogP contribution in [-0.2, 0) is 16.1 Å². The molecule has 4 nitrogen and oxygen atoms in total. The van der Waals surface area contributed by atoms with E-state index in [1.54, 1.807) is 18.9 Å².